The van der Waals surface area contributed by atoms with E-state index in [0.717, 1.165) is 30.7 Å². The van der Waals surface area contributed by atoms with E-state index in [1.165, 1.54) is 0 Å². The maximum Gasteiger partial charge on any atom is 0.230 e. The largest absolute Gasteiger partial charge is 0.497 e. The van der Waals surface area contributed by atoms with E-state index in [1.807, 2.05) is 36.1 Å². The highest BCUT2D eigenvalue weighted by atomic mass is 35.5. The summed E-state index contributed by atoms with van der Waals surface area (Å²) in [6.45, 7) is 3.33. The Bertz CT molecular complexity index is 453. The van der Waals surface area contributed by atoms with Crippen molar-refractivity contribution < 1.29 is 9.53 Å². The molecule has 0 saturated carbocycles. The van der Waals surface area contributed by atoms with Gasteiger partial charge < -0.3 is 15.4 Å². The van der Waals surface area contributed by atoms with Gasteiger partial charge in [-0.2, -0.15) is 0 Å². The van der Waals surface area contributed by atoms with Gasteiger partial charge in [0.05, 0.1) is 13.0 Å². The summed E-state index contributed by atoms with van der Waals surface area (Å²) in [5.41, 5.74) is 6.73. The van der Waals surface area contributed by atoms with Gasteiger partial charge >= 0.3 is 0 Å². The molecule has 112 valence electrons. The molecule has 2 N–H and O–H groups in total. The fraction of sp³-hybridized carbons (Fsp3) is 0.533. The smallest absolute Gasteiger partial charge is 0.230 e. The number of halogens is 1. The minimum atomic E-state index is -0.151. The van der Waals surface area contributed by atoms with Gasteiger partial charge in [-0.3, -0.25) is 4.79 Å². The van der Waals surface area contributed by atoms with Crippen LogP contribution in [0.5, 0.6) is 5.75 Å². The summed E-state index contributed by atoms with van der Waals surface area (Å²) in [6, 6.07) is 7.91. The summed E-state index contributed by atoms with van der Waals surface area (Å²) < 4.78 is 5.21. The van der Waals surface area contributed by atoms with Gasteiger partial charge in [-0.15, -0.1) is 12.4 Å². The minimum Gasteiger partial charge on any atom is -0.497 e. The normalized spacial score (nSPS) is 19.4. The number of carbonyl (C=O) groups excluding carboxylic acids is 1. The van der Waals surface area contributed by atoms with Crippen LogP contribution in [0.4, 0.5) is 0 Å². The lowest BCUT2D eigenvalue weighted by atomic mass is 9.99. The van der Waals surface area contributed by atoms with E-state index >= 15 is 0 Å². The quantitative estimate of drug-likeness (QED) is 0.927. The molecule has 0 radical (unpaired) electrons. The summed E-state index contributed by atoms with van der Waals surface area (Å²) in [5.74, 6) is 0.803. The van der Waals surface area contributed by atoms with Crippen molar-refractivity contribution in [3.05, 3.63) is 29.8 Å². The summed E-state index contributed by atoms with van der Waals surface area (Å²) >= 11 is 0. The Labute approximate surface area is 126 Å². The first kappa shape index (κ1) is 16.8. The number of methoxy groups -OCH3 is 1. The van der Waals surface area contributed by atoms with Crippen molar-refractivity contribution >= 4 is 18.3 Å². The zero-order valence-corrected chi connectivity index (χ0v) is 12.9. The molecule has 2 rings (SSSR count). The third-order valence-electron chi connectivity index (χ3n) is 3.90. The second-order valence-electron chi connectivity index (χ2n) is 5.06. The topological polar surface area (TPSA) is 55.6 Å². The van der Waals surface area contributed by atoms with E-state index in [4.69, 9.17) is 10.5 Å². The highest BCUT2D eigenvalue weighted by Gasteiger charge is 2.30. The SMILES string of the molecule is COc1cccc(C(C)C(=O)N2CCCC2CN)c1.Cl. The fourth-order valence-corrected chi connectivity index (χ4v) is 2.67. The molecule has 2 atom stereocenters. The Hall–Kier alpha value is -1.26. The number of nitrogens with two attached hydrogens (primary N) is 1. The van der Waals surface area contributed by atoms with Gasteiger partial charge in [0.25, 0.3) is 0 Å². The molecule has 1 heterocycles. The molecular weight excluding hydrogens is 276 g/mol. The number of carbonyl (C=O) groups is 1. The van der Waals surface area contributed by atoms with Crippen molar-refractivity contribution in [1.82, 2.24) is 4.90 Å². The molecule has 1 saturated heterocycles. The molecule has 1 aromatic rings. The van der Waals surface area contributed by atoms with Gasteiger partial charge in [-0.05, 0) is 37.5 Å². The first-order valence-corrected chi connectivity index (χ1v) is 6.82. The first-order chi connectivity index (χ1) is 9.17. The van der Waals surface area contributed by atoms with Crippen LogP contribution in [0.3, 0.4) is 0 Å². The average Bonchev–Trinajstić information content (AvgIpc) is 2.94. The van der Waals surface area contributed by atoms with Crippen LogP contribution in [-0.2, 0) is 4.79 Å². The Morgan fingerprint density at radius 2 is 2.30 bits per heavy atom. The maximum absolute atomic E-state index is 12.5. The highest BCUT2D eigenvalue weighted by Crippen LogP contribution is 2.26. The molecule has 5 heteroatoms. The Morgan fingerprint density at radius 3 is 2.95 bits per heavy atom. The predicted octanol–water partition coefficient (Wildman–Crippen LogP) is 2.17. The summed E-state index contributed by atoms with van der Waals surface area (Å²) in [4.78, 5) is 14.5. The molecule has 0 aliphatic carbocycles. The molecule has 1 aromatic carbocycles. The van der Waals surface area contributed by atoms with E-state index in [9.17, 15) is 4.79 Å². The van der Waals surface area contributed by atoms with E-state index < -0.39 is 0 Å². The van der Waals surface area contributed by atoms with Crippen LogP contribution >= 0.6 is 12.4 Å². The third-order valence-corrected chi connectivity index (χ3v) is 3.90. The van der Waals surface area contributed by atoms with Crippen LogP contribution in [0, 0.1) is 0 Å². The zero-order chi connectivity index (χ0) is 13.8. The molecule has 0 aromatic heterocycles. The van der Waals surface area contributed by atoms with Crippen molar-refractivity contribution in [2.75, 3.05) is 20.2 Å². The second-order valence-corrected chi connectivity index (χ2v) is 5.06. The standard InChI is InChI=1S/C15H22N2O2.ClH/c1-11(12-5-3-7-14(9-12)19-2)15(18)17-8-4-6-13(17)10-16;/h3,5,7,9,11,13H,4,6,8,10,16H2,1-2H3;1H. The fourth-order valence-electron chi connectivity index (χ4n) is 2.67. The van der Waals surface area contributed by atoms with Crippen LogP contribution < -0.4 is 10.5 Å². The lowest BCUT2D eigenvalue weighted by molar-refractivity contribution is -0.133. The average molecular weight is 299 g/mol. The Morgan fingerprint density at radius 1 is 1.55 bits per heavy atom. The minimum absolute atomic E-state index is 0. The van der Waals surface area contributed by atoms with Crippen molar-refractivity contribution in [2.45, 2.75) is 31.7 Å². The number of benzene rings is 1. The molecule has 20 heavy (non-hydrogen) atoms. The van der Waals surface area contributed by atoms with Crippen LogP contribution in [0.15, 0.2) is 24.3 Å². The number of rotatable bonds is 4. The lowest BCUT2D eigenvalue weighted by Gasteiger charge is -2.27. The summed E-state index contributed by atoms with van der Waals surface area (Å²) in [7, 11) is 1.64. The number of hydrogen-bond donors (Lipinski definition) is 1. The van der Waals surface area contributed by atoms with Gasteiger partial charge in [0.15, 0.2) is 0 Å². The highest BCUT2D eigenvalue weighted by molar-refractivity contribution is 5.85. The van der Waals surface area contributed by atoms with Crippen molar-refractivity contribution in [2.24, 2.45) is 5.73 Å². The van der Waals surface area contributed by atoms with Crippen LogP contribution in [-0.4, -0.2) is 37.0 Å². The van der Waals surface area contributed by atoms with Gasteiger partial charge in [-0.1, -0.05) is 12.1 Å². The van der Waals surface area contributed by atoms with E-state index in [2.05, 4.69) is 0 Å². The summed E-state index contributed by atoms with van der Waals surface area (Å²) in [6.07, 6.45) is 2.07. The van der Waals surface area contributed by atoms with E-state index in [-0.39, 0.29) is 30.3 Å². The molecule has 1 fully saturated rings. The van der Waals surface area contributed by atoms with Gasteiger partial charge in [-0.25, -0.2) is 0 Å². The number of likely N-dealkylation sites (tertiary alicyclic amines) is 1. The molecule has 1 amide bonds. The molecule has 0 spiro atoms. The maximum atomic E-state index is 12.5. The molecular formula is C15H23ClN2O2. The lowest BCUT2D eigenvalue weighted by Crippen LogP contribution is -2.41. The first-order valence-electron chi connectivity index (χ1n) is 6.82. The number of hydrogen-bond acceptors (Lipinski definition) is 3. The van der Waals surface area contributed by atoms with Gasteiger partial charge in [0, 0.05) is 19.1 Å². The number of amides is 1. The molecule has 1 aliphatic rings. The summed E-state index contributed by atoms with van der Waals surface area (Å²) in [5, 5.41) is 0. The van der Waals surface area contributed by atoms with E-state index in [0.29, 0.717) is 6.54 Å². The third kappa shape index (κ3) is 3.44. The molecule has 1 aliphatic heterocycles. The Balaban J connectivity index is 0.00000200. The van der Waals surface area contributed by atoms with Crippen molar-refractivity contribution in [1.29, 1.82) is 0 Å². The van der Waals surface area contributed by atoms with Crippen LogP contribution in [0.2, 0.25) is 0 Å². The zero-order valence-electron chi connectivity index (χ0n) is 12.0. The molecule has 4 nitrogen and oxygen atoms in total. The van der Waals surface area contributed by atoms with Crippen molar-refractivity contribution in [3.8, 4) is 5.75 Å². The predicted molar refractivity (Wildman–Crippen MR) is 82.4 cm³/mol. The number of nitrogens with zero attached hydrogens (tertiary/aromatic N) is 1. The van der Waals surface area contributed by atoms with Crippen LogP contribution in [0.25, 0.3) is 0 Å². The van der Waals surface area contributed by atoms with Crippen LogP contribution in [0.1, 0.15) is 31.2 Å². The van der Waals surface area contributed by atoms with Gasteiger partial charge in [0.2, 0.25) is 5.91 Å². The van der Waals surface area contributed by atoms with Gasteiger partial charge in [0.1, 0.15) is 5.75 Å². The Kier molecular flexibility index (Phi) is 6.30. The second kappa shape index (κ2) is 7.50. The van der Waals surface area contributed by atoms with E-state index in [1.54, 1.807) is 7.11 Å². The molecule has 0 bridgehead atoms. The van der Waals surface area contributed by atoms with Crippen molar-refractivity contribution in [3.63, 3.8) is 0 Å². The number of ether oxygens (including phenoxy) is 1. The monoisotopic (exact) mass is 298 g/mol. The molecule has 2 unspecified atom stereocenters.